The second-order valence-electron chi connectivity index (χ2n) is 7.04. The fourth-order valence-electron chi connectivity index (χ4n) is 3.57. The maximum absolute atomic E-state index is 12.8. The summed E-state index contributed by atoms with van der Waals surface area (Å²) in [7, 11) is 0. The van der Waals surface area contributed by atoms with Crippen LogP contribution in [-0.4, -0.2) is 31.5 Å². The zero-order valence-electron chi connectivity index (χ0n) is 16.6. The lowest BCUT2D eigenvalue weighted by Gasteiger charge is -2.20. The molecule has 6 nitrogen and oxygen atoms in total. The number of aliphatic imine (C=N–C) groups is 1. The molecule has 0 spiro atoms. The van der Waals surface area contributed by atoms with Crippen LogP contribution in [0.2, 0.25) is 0 Å². The van der Waals surface area contributed by atoms with Crippen LogP contribution in [0.25, 0.3) is 11.8 Å². The number of fused-ring (bicyclic) bond motifs is 1. The molecule has 31 heavy (non-hydrogen) atoms. The van der Waals surface area contributed by atoms with Crippen LogP contribution in [-0.2, 0) is 4.79 Å². The average molecular weight is 510 g/mol. The second kappa shape index (κ2) is 7.74. The van der Waals surface area contributed by atoms with Gasteiger partial charge in [-0.25, -0.2) is 0 Å². The van der Waals surface area contributed by atoms with E-state index in [-0.39, 0.29) is 11.4 Å². The Morgan fingerprint density at radius 2 is 1.94 bits per heavy atom. The largest absolute Gasteiger partial charge is 0.318 e. The number of hydrogen-bond donors (Lipinski definition) is 1. The minimum atomic E-state index is -0.417. The van der Waals surface area contributed by atoms with Crippen LogP contribution in [0.5, 0.6) is 0 Å². The molecule has 0 radical (unpaired) electrons. The summed E-state index contributed by atoms with van der Waals surface area (Å²) in [6.07, 6.45) is 1.74. The van der Waals surface area contributed by atoms with Gasteiger partial charge in [0.2, 0.25) is 5.17 Å². The van der Waals surface area contributed by atoms with Gasteiger partial charge in [0.15, 0.2) is 5.84 Å². The number of carbonyl (C=O) groups is 1. The van der Waals surface area contributed by atoms with Gasteiger partial charge in [0.25, 0.3) is 5.91 Å². The van der Waals surface area contributed by atoms with Gasteiger partial charge in [0.05, 0.1) is 10.5 Å². The van der Waals surface area contributed by atoms with Gasteiger partial charge in [0, 0.05) is 21.5 Å². The fraction of sp³-hybridized carbons (Fsp3) is 0.0909. The summed E-state index contributed by atoms with van der Waals surface area (Å²) < 4.78 is 3.14. The molecule has 1 amide bonds. The molecule has 0 fully saturated rings. The summed E-state index contributed by atoms with van der Waals surface area (Å²) in [4.78, 5) is 17.9. The van der Waals surface area contributed by atoms with E-state index < -0.39 is 5.91 Å². The maximum atomic E-state index is 12.8. The first-order valence-corrected chi connectivity index (χ1v) is 11.9. The van der Waals surface area contributed by atoms with E-state index in [1.165, 1.54) is 16.8 Å². The molecule has 0 saturated heterocycles. The highest BCUT2D eigenvalue weighted by atomic mass is 79.9. The average Bonchev–Trinajstić information content (AvgIpc) is 3.46. The molecule has 2 aliphatic heterocycles. The molecule has 0 unspecified atom stereocenters. The highest BCUT2D eigenvalue weighted by molar-refractivity contribution is 9.10. The molecular formula is C22H16BrN5OS2. The molecule has 2 aliphatic rings. The summed E-state index contributed by atoms with van der Waals surface area (Å²) in [5.74, 6) is -0.373. The van der Waals surface area contributed by atoms with Gasteiger partial charge in [-0.05, 0) is 79.0 Å². The molecule has 3 aromatic rings. The first-order valence-electron chi connectivity index (χ1n) is 9.41. The number of thioether (sulfide) groups is 1. The third-order valence-electron chi connectivity index (χ3n) is 5.04. The van der Waals surface area contributed by atoms with Gasteiger partial charge in [-0.3, -0.25) is 10.2 Å². The van der Waals surface area contributed by atoms with Gasteiger partial charge in [0.1, 0.15) is 5.04 Å². The minimum Gasteiger partial charge on any atom is -0.318 e. The van der Waals surface area contributed by atoms with Crippen LogP contribution in [0.1, 0.15) is 21.8 Å². The van der Waals surface area contributed by atoms with Gasteiger partial charge >= 0.3 is 0 Å². The fourth-order valence-corrected chi connectivity index (χ4v) is 5.52. The molecule has 0 atom stereocenters. The van der Waals surface area contributed by atoms with E-state index in [1.807, 2.05) is 61.7 Å². The molecule has 0 bridgehead atoms. The van der Waals surface area contributed by atoms with Crippen LogP contribution >= 0.6 is 39.0 Å². The first-order chi connectivity index (χ1) is 14.9. The second-order valence-corrected chi connectivity index (χ2v) is 9.86. The number of benzene rings is 1. The van der Waals surface area contributed by atoms with Crippen molar-refractivity contribution in [3.8, 4) is 5.69 Å². The molecule has 154 valence electrons. The third-order valence-corrected chi connectivity index (χ3v) is 7.52. The van der Waals surface area contributed by atoms with Gasteiger partial charge in [-0.2, -0.15) is 15.1 Å². The molecule has 0 saturated carbocycles. The summed E-state index contributed by atoms with van der Waals surface area (Å²) in [6, 6.07) is 14.0. The number of carbonyl (C=O) groups excluding carboxylic acids is 1. The van der Waals surface area contributed by atoms with Crippen molar-refractivity contribution in [1.29, 1.82) is 5.41 Å². The summed E-state index contributed by atoms with van der Waals surface area (Å²) >= 11 is 6.35. The number of amides is 1. The Labute approximate surface area is 195 Å². The monoisotopic (exact) mass is 509 g/mol. The molecular weight excluding hydrogens is 494 g/mol. The number of nitrogens with one attached hydrogen (secondary N) is 1. The number of aromatic nitrogens is 1. The van der Waals surface area contributed by atoms with Crippen molar-refractivity contribution >= 4 is 67.1 Å². The van der Waals surface area contributed by atoms with E-state index in [0.717, 1.165) is 37.0 Å². The number of rotatable bonds is 3. The van der Waals surface area contributed by atoms with Gasteiger partial charge < -0.3 is 4.57 Å². The van der Waals surface area contributed by atoms with Crippen LogP contribution in [0.3, 0.4) is 0 Å². The molecule has 5 rings (SSSR count). The number of aryl methyl sites for hydroxylation is 1. The van der Waals surface area contributed by atoms with Crippen molar-refractivity contribution in [2.24, 2.45) is 10.1 Å². The molecule has 1 aromatic carbocycles. The molecule has 0 aliphatic carbocycles. The predicted molar refractivity (Wildman–Crippen MR) is 131 cm³/mol. The van der Waals surface area contributed by atoms with Crippen molar-refractivity contribution in [2.45, 2.75) is 13.8 Å². The van der Waals surface area contributed by atoms with Crippen molar-refractivity contribution in [3.63, 3.8) is 0 Å². The maximum Gasteiger partial charge on any atom is 0.283 e. The van der Waals surface area contributed by atoms with E-state index >= 15 is 0 Å². The van der Waals surface area contributed by atoms with Crippen molar-refractivity contribution < 1.29 is 4.79 Å². The Hall–Kier alpha value is -2.75. The Balaban J connectivity index is 1.52. The Bertz CT molecular complexity index is 1320. The number of amidine groups is 2. The first kappa shape index (κ1) is 20.2. The normalized spacial score (nSPS) is 17.3. The van der Waals surface area contributed by atoms with E-state index in [4.69, 9.17) is 5.41 Å². The molecule has 2 aromatic heterocycles. The Kier molecular flexibility index (Phi) is 5.04. The van der Waals surface area contributed by atoms with Crippen LogP contribution in [0.4, 0.5) is 0 Å². The lowest BCUT2D eigenvalue weighted by Crippen LogP contribution is -2.35. The zero-order chi connectivity index (χ0) is 21.7. The number of hydrazone groups is 1. The highest BCUT2D eigenvalue weighted by Gasteiger charge is 2.36. The van der Waals surface area contributed by atoms with E-state index in [0.29, 0.717) is 5.17 Å². The van der Waals surface area contributed by atoms with Gasteiger partial charge in [-0.1, -0.05) is 22.0 Å². The van der Waals surface area contributed by atoms with Gasteiger partial charge in [-0.15, -0.1) is 11.3 Å². The van der Waals surface area contributed by atoms with E-state index in [9.17, 15) is 4.79 Å². The predicted octanol–water partition coefficient (Wildman–Crippen LogP) is 5.59. The zero-order valence-corrected chi connectivity index (χ0v) is 19.8. The van der Waals surface area contributed by atoms with Crippen LogP contribution < -0.4 is 0 Å². The number of thiophene rings is 1. The topological polar surface area (TPSA) is 73.8 Å². The Morgan fingerprint density at radius 1 is 1.16 bits per heavy atom. The summed E-state index contributed by atoms with van der Waals surface area (Å²) in [5.41, 5.74) is 4.18. The lowest BCUT2D eigenvalue weighted by molar-refractivity contribution is -0.114. The number of hydrogen-bond acceptors (Lipinski definition) is 5. The molecule has 4 heterocycles. The van der Waals surface area contributed by atoms with Crippen molar-refractivity contribution in [1.82, 2.24) is 9.58 Å². The molecule has 1 N–H and O–H groups in total. The number of halogens is 1. The lowest BCUT2D eigenvalue weighted by atomic mass is 10.1. The SMILES string of the molecule is Cc1cc(C=C2C(=N)N3N=C(c4cccs4)SC3=NC2=O)c(C)n1-c1ccc(Br)cc1. The van der Waals surface area contributed by atoms with E-state index in [2.05, 4.69) is 30.6 Å². The van der Waals surface area contributed by atoms with Crippen molar-refractivity contribution in [2.75, 3.05) is 0 Å². The molecule has 9 heteroatoms. The minimum absolute atomic E-state index is 0.0440. The third kappa shape index (κ3) is 3.52. The standard InChI is InChI=1S/C22H16BrN5OS2/c1-12-10-14(13(2)27(12)16-7-5-15(23)6-8-16)11-17-19(24)28-22(25-20(17)29)31-21(26-28)18-4-3-9-30-18/h3-11,24H,1-2H3. The summed E-state index contributed by atoms with van der Waals surface area (Å²) in [6.45, 7) is 4.03. The van der Waals surface area contributed by atoms with E-state index in [1.54, 1.807) is 17.4 Å². The summed E-state index contributed by atoms with van der Waals surface area (Å²) in [5, 5.41) is 17.7. The number of nitrogens with zero attached hydrogens (tertiary/aromatic N) is 4. The van der Waals surface area contributed by atoms with Crippen LogP contribution in [0.15, 0.2) is 68.0 Å². The van der Waals surface area contributed by atoms with Crippen molar-refractivity contribution in [3.05, 3.63) is 79.7 Å². The quantitative estimate of drug-likeness (QED) is 0.467. The highest BCUT2D eigenvalue weighted by Crippen LogP contribution is 2.33. The smallest absolute Gasteiger partial charge is 0.283 e. The Morgan fingerprint density at radius 3 is 2.65 bits per heavy atom. The van der Waals surface area contributed by atoms with Crippen LogP contribution in [0, 0.1) is 19.3 Å².